The molecule has 1 N–H and O–H groups in total. The third-order valence-corrected chi connectivity index (χ3v) is 8.16. The molecule has 1 atom stereocenters. The molecule has 31 heavy (non-hydrogen) atoms. The summed E-state index contributed by atoms with van der Waals surface area (Å²) in [7, 11) is 0. The molecule has 4 heterocycles. The maximum Gasteiger partial charge on any atom is 0.260 e. The summed E-state index contributed by atoms with van der Waals surface area (Å²) in [4.78, 5) is 27.7. The normalized spacial score (nSPS) is 34.3. The number of carbonyl (C=O) groups is 2. The lowest BCUT2D eigenvalue weighted by Gasteiger charge is -2.50. The van der Waals surface area contributed by atoms with E-state index in [1.807, 2.05) is 0 Å². The van der Waals surface area contributed by atoms with E-state index >= 15 is 0 Å². The fourth-order valence-electron chi connectivity index (χ4n) is 6.78. The topological polar surface area (TPSA) is 83.4 Å². The number of allylic oxidation sites excluding steroid dienone is 1. The lowest BCUT2D eigenvalue weighted by atomic mass is 9.61. The number of Topliss-reactive ketones (excluding diaryl/α,β-unsaturated/α-hetero) is 1. The second-order valence-corrected chi connectivity index (χ2v) is 11.2. The number of alkyl halides is 1. The van der Waals surface area contributed by atoms with Gasteiger partial charge in [-0.1, -0.05) is 13.8 Å². The van der Waals surface area contributed by atoms with Gasteiger partial charge in [0.05, 0.1) is 31.7 Å². The minimum Gasteiger partial charge on any atom is -0.370 e. The molecular weight excluding hydrogens is 399 g/mol. The Kier molecular flexibility index (Phi) is 3.81. The molecule has 166 valence electrons. The van der Waals surface area contributed by atoms with E-state index < -0.39 is 16.7 Å². The van der Waals surface area contributed by atoms with Crippen molar-refractivity contribution in [2.24, 2.45) is 21.1 Å². The molecule has 1 amide bonds. The van der Waals surface area contributed by atoms with Gasteiger partial charge in [0.25, 0.3) is 5.91 Å². The van der Waals surface area contributed by atoms with E-state index in [1.54, 1.807) is 4.90 Å². The van der Waals surface area contributed by atoms with Crippen LogP contribution in [0.5, 0.6) is 0 Å². The lowest BCUT2D eigenvalue weighted by molar-refractivity contribution is -0.169. The van der Waals surface area contributed by atoms with Crippen LogP contribution in [0.1, 0.15) is 58.8 Å². The molecule has 0 radical (unpaired) electrons. The van der Waals surface area contributed by atoms with Gasteiger partial charge in [0.1, 0.15) is 5.60 Å². The lowest BCUT2D eigenvalue weighted by Crippen LogP contribution is -2.66. The molecule has 7 nitrogen and oxygen atoms in total. The van der Waals surface area contributed by atoms with Gasteiger partial charge in [-0.25, -0.2) is 4.39 Å². The van der Waals surface area contributed by atoms with Crippen LogP contribution in [0.4, 0.5) is 4.39 Å². The molecule has 2 aliphatic carbocycles. The molecule has 6 aliphatic rings. The number of rotatable bonds is 1. The summed E-state index contributed by atoms with van der Waals surface area (Å²) in [6, 6.07) is 0. The number of ketones is 1. The van der Waals surface area contributed by atoms with Crippen LogP contribution in [-0.2, 0) is 14.3 Å². The van der Waals surface area contributed by atoms with Gasteiger partial charge in [-0.2, -0.15) is 5.11 Å². The fraction of sp³-hybridized carbons (Fsp3) is 0.739. The zero-order valence-corrected chi connectivity index (χ0v) is 18.2. The van der Waals surface area contributed by atoms with E-state index in [9.17, 15) is 14.0 Å². The van der Waals surface area contributed by atoms with E-state index in [-0.39, 0.29) is 17.1 Å². The molecule has 0 bridgehead atoms. The summed E-state index contributed by atoms with van der Waals surface area (Å²) in [5, 5.41) is 12.0. The van der Waals surface area contributed by atoms with Crippen molar-refractivity contribution in [3.8, 4) is 0 Å². The second kappa shape index (κ2) is 6.03. The molecule has 4 aliphatic heterocycles. The molecule has 2 spiro atoms. The number of hydrogen-bond acceptors (Lipinski definition) is 6. The van der Waals surface area contributed by atoms with Gasteiger partial charge in [-0.15, -0.1) is 5.11 Å². The fourth-order valence-corrected chi connectivity index (χ4v) is 6.78. The van der Waals surface area contributed by atoms with Crippen LogP contribution < -0.4 is 5.32 Å². The average Bonchev–Trinajstić information content (AvgIpc) is 3.38. The zero-order chi connectivity index (χ0) is 21.6. The summed E-state index contributed by atoms with van der Waals surface area (Å²) in [5.41, 5.74) is -0.0624. The quantitative estimate of drug-likeness (QED) is 0.695. The highest BCUT2D eigenvalue weighted by Gasteiger charge is 2.64. The Bertz CT molecular complexity index is 985. The van der Waals surface area contributed by atoms with E-state index in [0.29, 0.717) is 51.9 Å². The van der Waals surface area contributed by atoms with Crippen molar-refractivity contribution in [3.05, 3.63) is 22.7 Å². The van der Waals surface area contributed by atoms with E-state index in [4.69, 9.17) is 4.74 Å². The highest BCUT2D eigenvalue weighted by atomic mass is 19.1. The first-order valence-electron chi connectivity index (χ1n) is 11.4. The van der Waals surface area contributed by atoms with Gasteiger partial charge in [-0.05, 0) is 43.9 Å². The van der Waals surface area contributed by atoms with Gasteiger partial charge in [0.2, 0.25) is 0 Å². The van der Waals surface area contributed by atoms with Crippen LogP contribution in [0.2, 0.25) is 0 Å². The monoisotopic (exact) mass is 428 g/mol. The molecule has 8 heteroatoms. The summed E-state index contributed by atoms with van der Waals surface area (Å²) in [6.45, 7) is 5.87. The van der Waals surface area contributed by atoms with Crippen molar-refractivity contribution in [3.63, 3.8) is 0 Å². The minimum atomic E-state index is -1.70. The van der Waals surface area contributed by atoms with Crippen LogP contribution in [-0.4, -0.2) is 54.1 Å². The molecule has 0 aromatic carbocycles. The highest BCUT2D eigenvalue weighted by Crippen LogP contribution is 2.59. The zero-order valence-electron chi connectivity index (χ0n) is 18.2. The standard InChI is InChI=1S/C23H29FN4O3/c1-20(2)7-15-17(16(29)8-20)22(14-9-25-27-18(14)26-15)10-21(31-13-22)11-28(12-21)19(30)23(24)5-3-4-6-23/h26H,3-13H2,1-2H3. The summed E-state index contributed by atoms with van der Waals surface area (Å²) >= 11 is 0. The van der Waals surface area contributed by atoms with Gasteiger partial charge < -0.3 is 15.0 Å². The van der Waals surface area contributed by atoms with Crippen molar-refractivity contribution in [2.45, 2.75) is 70.1 Å². The summed E-state index contributed by atoms with van der Waals surface area (Å²) in [5.74, 6) is 0.538. The predicted octanol–water partition coefficient (Wildman–Crippen LogP) is 3.18. The number of nitrogens with zero attached hydrogens (tertiary/aromatic N) is 3. The Hall–Kier alpha value is -2.09. The van der Waals surface area contributed by atoms with Gasteiger partial charge in [0.15, 0.2) is 17.3 Å². The number of carbonyl (C=O) groups excluding carboxylic acids is 2. The SMILES string of the molecule is CC1(C)CC(=O)C2=C(C1)NC1=C(CN=N1)C21COC2(CN(C(=O)C3(F)CCCC3)C2)C1. The predicted molar refractivity (Wildman–Crippen MR) is 110 cm³/mol. The Morgan fingerprint density at radius 3 is 2.68 bits per heavy atom. The van der Waals surface area contributed by atoms with Crippen LogP contribution >= 0.6 is 0 Å². The van der Waals surface area contributed by atoms with Crippen molar-refractivity contribution in [2.75, 3.05) is 26.2 Å². The smallest absolute Gasteiger partial charge is 0.260 e. The number of nitrogens with one attached hydrogen (secondary N) is 1. The Morgan fingerprint density at radius 1 is 1.19 bits per heavy atom. The maximum atomic E-state index is 15.0. The third-order valence-electron chi connectivity index (χ3n) is 8.16. The molecule has 3 fully saturated rings. The van der Waals surface area contributed by atoms with Gasteiger partial charge in [0, 0.05) is 23.3 Å². The number of ether oxygens (including phenoxy) is 1. The van der Waals surface area contributed by atoms with Crippen LogP contribution in [0.3, 0.4) is 0 Å². The highest BCUT2D eigenvalue weighted by molar-refractivity contribution is 6.00. The van der Waals surface area contributed by atoms with Gasteiger partial charge >= 0.3 is 0 Å². The number of likely N-dealkylation sites (tertiary alicyclic amines) is 1. The first-order chi connectivity index (χ1) is 14.7. The van der Waals surface area contributed by atoms with E-state index in [2.05, 4.69) is 29.4 Å². The molecule has 1 saturated carbocycles. The number of dihydropyridines is 1. The first kappa shape index (κ1) is 19.6. The molecule has 1 unspecified atom stereocenters. The van der Waals surface area contributed by atoms with Gasteiger partial charge in [-0.3, -0.25) is 9.59 Å². The maximum absolute atomic E-state index is 15.0. The number of azo groups is 1. The summed E-state index contributed by atoms with van der Waals surface area (Å²) in [6.07, 6.45) is 4.11. The second-order valence-electron chi connectivity index (χ2n) is 11.2. The Morgan fingerprint density at radius 2 is 1.94 bits per heavy atom. The van der Waals surface area contributed by atoms with E-state index in [1.165, 1.54) is 0 Å². The van der Waals surface area contributed by atoms with Crippen molar-refractivity contribution in [1.29, 1.82) is 0 Å². The average molecular weight is 429 g/mol. The number of halogens is 1. The Balaban J connectivity index is 1.30. The largest absolute Gasteiger partial charge is 0.370 e. The van der Waals surface area contributed by atoms with E-state index in [0.717, 1.165) is 41.9 Å². The third kappa shape index (κ3) is 2.66. The van der Waals surface area contributed by atoms with Crippen molar-refractivity contribution < 1.29 is 18.7 Å². The molecule has 0 aromatic rings. The molecular formula is C23H29FN4O3. The minimum absolute atomic E-state index is 0.106. The van der Waals surface area contributed by atoms with Crippen LogP contribution in [0.15, 0.2) is 32.9 Å². The van der Waals surface area contributed by atoms with Crippen LogP contribution in [0, 0.1) is 10.8 Å². The summed E-state index contributed by atoms with van der Waals surface area (Å²) < 4.78 is 21.4. The Labute approximate surface area is 181 Å². The molecule has 6 rings (SSSR count). The van der Waals surface area contributed by atoms with Crippen LogP contribution in [0.25, 0.3) is 0 Å². The molecule has 2 saturated heterocycles. The number of hydrogen-bond donors (Lipinski definition) is 1. The van der Waals surface area contributed by atoms with Crippen molar-refractivity contribution in [1.82, 2.24) is 10.2 Å². The van der Waals surface area contributed by atoms with Crippen molar-refractivity contribution >= 4 is 11.7 Å². The number of fused-ring (bicyclic) bond motifs is 2. The molecule has 0 aromatic heterocycles. The number of amides is 1. The first-order valence-corrected chi connectivity index (χ1v) is 11.4.